The molecule has 2 saturated heterocycles. The number of carbonyl (C=O) groups excluding carboxylic acids is 6. The molecule has 4 N–H and O–H groups in total. The van der Waals surface area contributed by atoms with Crippen molar-refractivity contribution in [3.63, 3.8) is 0 Å². The van der Waals surface area contributed by atoms with Crippen LogP contribution in [0.15, 0.2) is 163 Å². The average Bonchev–Trinajstić information content (AvgIpc) is 3.19. The molecule has 1 aliphatic carbocycles. The summed E-state index contributed by atoms with van der Waals surface area (Å²) < 4.78 is 0. The third-order valence-corrected chi connectivity index (χ3v) is 9.00. The van der Waals surface area contributed by atoms with E-state index in [0.717, 1.165) is 46.0 Å². The molecule has 2 aliphatic heterocycles. The van der Waals surface area contributed by atoms with Crippen LogP contribution in [0.5, 0.6) is 0 Å². The number of allylic oxidation sites excluding steroid dienone is 6. The zero-order valence-corrected chi connectivity index (χ0v) is 29.7. The minimum atomic E-state index is -0.842. The van der Waals surface area contributed by atoms with Crippen LogP contribution in [0.2, 0.25) is 0 Å². The zero-order valence-electron chi connectivity index (χ0n) is 29.7. The molecule has 56 heavy (non-hydrogen) atoms. The van der Waals surface area contributed by atoms with Crippen molar-refractivity contribution in [1.82, 2.24) is 21.3 Å². The molecule has 4 aromatic rings. The number of barbiturate groups is 2. The van der Waals surface area contributed by atoms with Gasteiger partial charge in [0.15, 0.2) is 0 Å². The van der Waals surface area contributed by atoms with Gasteiger partial charge in [0, 0.05) is 28.4 Å². The van der Waals surface area contributed by atoms with E-state index in [1.807, 2.05) is 91.0 Å². The van der Waals surface area contributed by atoms with Gasteiger partial charge in [-0.05, 0) is 90.4 Å². The van der Waals surface area contributed by atoms with Gasteiger partial charge >= 0.3 is 12.1 Å². The molecule has 276 valence electrons. The largest absolute Gasteiger partial charge is 0.334 e. The van der Waals surface area contributed by atoms with E-state index in [1.54, 1.807) is 24.3 Å². The highest BCUT2D eigenvalue weighted by molar-refractivity contribution is 6.29. The van der Waals surface area contributed by atoms with Crippen LogP contribution in [-0.2, 0) is 19.2 Å². The summed E-state index contributed by atoms with van der Waals surface area (Å²) in [6, 6.07) is 32.6. The molecule has 2 fully saturated rings. The van der Waals surface area contributed by atoms with Crippen molar-refractivity contribution < 1.29 is 28.8 Å². The van der Waals surface area contributed by atoms with E-state index < -0.39 is 35.7 Å². The van der Waals surface area contributed by atoms with Crippen LogP contribution in [0.3, 0.4) is 0 Å². The fourth-order valence-corrected chi connectivity index (χ4v) is 6.32. The van der Waals surface area contributed by atoms with Crippen LogP contribution in [0.1, 0.15) is 17.5 Å². The number of amides is 8. The lowest BCUT2D eigenvalue weighted by molar-refractivity contribution is -0.125. The minimum absolute atomic E-state index is 0.0638. The molecule has 0 saturated carbocycles. The first-order valence-electron chi connectivity index (χ1n) is 17.6. The Hall–Kier alpha value is -7.86. The third kappa shape index (κ3) is 8.35. The molecule has 2 heterocycles. The van der Waals surface area contributed by atoms with Crippen LogP contribution >= 0.6 is 0 Å². The lowest BCUT2D eigenvalue weighted by Gasteiger charge is -2.33. The zero-order chi connectivity index (χ0) is 39.0. The van der Waals surface area contributed by atoms with E-state index in [4.69, 9.17) is 0 Å². The molecule has 0 radical (unpaired) electrons. The number of hydrogen-bond donors (Lipinski definition) is 4. The summed E-state index contributed by atoms with van der Waals surface area (Å²) in [5.74, 6) is -2.99. The van der Waals surface area contributed by atoms with Crippen molar-refractivity contribution >= 4 is 76.3 Å². The summed E-state index contributed by atoms with van der Waals surface area (Å²) >= 11 is 0. The standard InChI is InChI=1S/C44H34N6O6/c51-39-37(40(52)46-43(55)45-39)15-7-9-29-17-21-33(22-18-29)49(31-11-3-1-4-12-31)35-25-27-36(28-26-35)50(32-13-5-2-6-14-32)34-23-19-30(20-24-34)10-8-16-38-41(53)47-44(56)48-42(38)54/h1-13,15-28,32H,14H2,(H2,45,46,51,52,55)(H2,47,48,53,54,56)/b9-7+,10-8+/t32-/m0/s1. The Morgan fingerprint density at radius 1 is 0.482 bits per heavy atom. The van der Waals surface area contributed by atoms with Gasteiger partial charge in [0.25, 0.3) is 23.6 Å². The van der Waals surface area contributed by atoms with Crippen LogP contribution in [-0.4, -0.2) is 41.7 Å². The highest BCUT2D eigenvalue weighted by Gasteiger charge is 2.28. The minimum Gasteiger partial charge on any atom is -0.334 e. The first-order chi connectivity index (χ1) is 27.2. The smallest absolute Gasteiger partial charge is 0.328 e. The fourth-order valence-electron chi connectivity index (χ4n) is 6.32. The van der Waals surface area contributed by atoms with Crippen molar-refractivity contribution in [1.29, 1.82) is 0 Å². The van der Waals surface area contributed by atoms with Gasteiger partial charge in [0.05, 0.1) is 6.04 Å². The molecule has 0 spiro atoms. The van der Waals surface area contributed by atoms with Gasteiger partial charge in [-0.2, -0.15) is 0 Å². The maximum absolute atomic E-state index is 12.0. The average molecular weight is 743 g/mol. The summed E-state index contributed by atoms with van der Waals surface area (Å²) in [7, 11) is 0. The number of carbonyl (C=O) groups is 6. The van der Waals surface area contributed by atoms with Gasteiger partial charge in [-0.3, -0.25) is 40.4 Å². The van der Waals surface area contributed by atoms with E-state index in [2.05, 4.69) is 67.5 Å². The van der Waals surface area contributed by atoms with Gasteiger partial charge in [0.1, 0.15) is 11.1 Å². The quantitative estimate of drug-likeness (QED) is 0.102. The number of hydrogen-bond acceptors (Lipinski definition) is 8. The van der Waals surface area contributed by atoms with E-state index in [9.17, 15) is 28.8 Å². The number of benzene rings is 4. The van der Waals surface area contributed by atoms with Crippen molar-refractivity contribution in [2.75, 3.05) is 9.80 Å². The van der Waals surface area contributed by atoms with Crippen molar-refractivity contribution in [3.05, 3.63) is 174 Å². The molecule has 4 aromatic carbocycles. The molecule has 0 aromatic heterocycles. The predicted molar refractivity (Wildman–Crippen MR) is 214 cm³/mol. The number of anilines is 5. The fraction of sp³-hybridized carbons (Fsp3) is 0.0455. The summed E-state index contributed by atoms with van der Waals surface area (Å²) in [4.78, 5) is 75.2. The Kier molecular flexibility index (Phi) is 10.7. The van der Waals surface area contributed by atoms with Gasteiger partial charge in [-0.15, -0.1) is 0 Å². The van der Waals surface area contributed by atoms with Crippen molar-refractivity contribution in [2.24, 2.45) is 0 Å². The Bertz CT molecular complexity index is 2350. The summed E-state index contributed by atoms with van der Waals surface area (Å²) in [6.45, 7) is 0. The van der Waals surface area contributed by atoms with E-state index in [-0.39, 0.29) is 17.2 Å². The summed E-state index contributed by atoms with van der Waals surface area (Å²) in [5, 5.41) is 8.24. The predicted octanol–water partition coefficient (Wildman–Crippen LogP) is 6.79. The van der Waals surface area contributed by atoms with Gasteiger partial charge < -0.3 is 9.80 Å². The highest BCUT2D eigenvalue weighted by Crippen LogP contribution is 2.38. The molecule has 1 atom stereocenters. The van der Waals surface area contributed by atoms with Gasteiger partial charge in [0.2, 0.25) is 0 Å². The second-order valence-electron chi connectivity index (χ2n) is 12.7. The van der Waals surface area contributed by atoms with E-state index in [0.29, 0.717) is 0 Å². The van der Waals surface area contributed by atoms with Crippen LogP contribution in [0, 0.1) is 0 Å². The van der Waals surface area contributed by atoms with E-state index >= 15 is 0 Å². The summed E-state index contributed by atoms with van der Waals surface area (Å²) in [5.41, 5.74) is 6.16. The summed E-state index contributed by atoms with van der Waals surface area (Å²) in [6.07, 6.45) is 18.7. The molecule has 3 aliphatic rings. The van der Waals surface area contributed by atoms with Crippen LogP contribution in [0.4, 0.5) is 38.0 Å². The second kappa shape index (κ2) is 16.4. The topological polar surface area (TPSA) is 157 Å². The molecular weight excluding hydrogens is 709 g/mol. The maximum atomic E-state index is 12.0. The molecule has 12 heteroatoms. The number of nitrogens with one attached hydrogen (secondary N) is 4. The monoisotopic (exact) mass is 742 g/mol. The van der Waals surface area contributed by atoms with Gasteiger partial charge in [-0.25, -0.2) is 9.59 Å². The Morgan fingerprint density at radius 2 is 0.893 bits per heavy atom. The molecular formula is C44H34N6O6. The molecule has 0 unspecified atom stereocenters. The third-order valence-electron chi connectivity index (χ3n) is 9.00. The number of urea groups is 2. The SMILES string of the molecule is O=C1NC(=O)C(=C/C=C/c2ccc(N(c3ccccc3)c3ccc(N(c4ccc(/C=C/C=C5C(=O)NC(=O)NC5=O)cc4)[C@H]4C=CC=CC4)cc3)cc2)C(=O)N1. The Labute approximate surface area is 321 Å². The molecule has 12 nitrogen and oxygen atoms in total. The number of para-hydroxylation sites is 1. The Morgan fingerprint density at radius 3 is 1.34 bits per heavy atom. The number of imide groups is 4. The van der Waals surface area contributed by atoms with Crippen molar-refractivity contribution in [2.45, 2.75) is 12.5 Å². The molecule has 8 amide bonds. The van der Waals surface area contributed by atoms with Gasteiger partial charge in [-0.1, -0.05) is 91.1 Å². The lowest BCUT2D eigenvalue weighted by atomic mass is 10.0. The molecule has 0 bridgehead atoms. The van der Waals surface area contributed by atoms with Crippen LogP contribution < -0.4 is 31.1 Å². The first kappa shape index (κ1) is 36.5. The van der Waals surface area contributed by atoms with Crippen molar-refractivity contribution in [3.8, 4) is 0 Å². The highest BCUT2D eigenvalue weighted by atomic mass is 16.2. The normalized spacial score (nSPS) is 16.8. The maximum Gasteiger partial charge on any atom is 0.328 e. The number of nitrogens with zero attached hydrogens (tertiary/aromatic N) is 2. The lowest BCUT2D eigenvalue weighted by Crippen LogP contribution is -2.51. The number of rotatable bonds is 10. The van der Waals surface area contributed by atoms with Crippen LogP contribution in [0.25, 0.3) is 12.2 Å². The second-order valence-corrected chi connectivity index (χ2v) is 12.7. The Balaban J connectivity index is 1.12. The first-order valence-corrected chi connectivity index (χ1v) is 17.6. The van der Waals surface area contributed by atoms with E-state index in [1.165, 1.54) is 12.2 Å². The molecule has 7 rings (SSSR count).